The van der Waals surface area contributed by atoms with Gasteiger partial charge >= 0.3 is 0 Å². The Morgan fingerprint density at radius 1 is 1.39 bits per heavy atom. The first-order valence-electron chi connectivity index (χ1n) is 5.39. The van der Waals surface area contributed by atoms with E-state index >= 15 is 0 Å². The van der Waals surface area contributed by atoms with Gasteiger partial charge in [0.05, 0.1) is 12.3 Å². The van der Waals surface area contributed by atoms with Gasteiger partial charge in [-0.25, -0.2) is 18.5 Å². The molecule has 0 amide bonds. The molecule has 0 aromatic carbocycles. The molecule has 4 N–H and O–H groups in total. The summed E-state index contributed by atoms with van der Waals surface area (Å²) < 4.78 is 27.4. The first-order valence-corrected chi connectivity index (χ1v) is 7.75. The van der Waals surface area contributed by atoms with E-state index in [1.54, 1.807) is 14.0 Å². The van der Waals surface area contributed by atoms with Gasteiger partial charge in [0.2, 0.25) is 10.0 Å². The summed E-state index contributed by atoms with van der Waals surface area (Å²) in [5.41, 5.74) is 0.428. The number of thiazole rings is 1. The molecular formula is C9H18N4O3S2. The smallest absolute Gasteiger partial charge is 0.249 e. The maximum Gasteiger partial charge on any atom is 0.249 e. The number of aromatic nitrogens is 1. The molecule has 9 heteroatoms. The third-order valence-electron chi connectivity index (χ3n) is 2.07. The normalized spacial score (nSPS) is 11.7. The first kappa shape index (κ1) is 15.3. The molecule has 0 saturated heterocycles. The van der Waals surface area contributed by atoms with Gasteiger partial charge < -0.3 is 15.4 Å². The van der Waals surface area contributed by atoms with Crippen LogP contribution in [0.25, 0.3) is 0 Å². The summed E-state index contributed by atoms with van der Waals surface area (Å²) in [5.74, 6) is 0. The zero-order valence-electron chi connectivity index (χ0n) is 10.4. The number of hydrogen-bond acceptors (Lipinski definition) is 7. The molecule has 0 unspecified atom stereocenters. The summed E-state index contributed by atoms with van der Waals surface area (Å²) in [7, 11) is -2.03. The van der Waals surface area contributed by atoms with Crippen molar-refractivity contribution in [1.29, 1.82) is 0 Å². The Balaban J connectivity index is 2.40. The molecule has 0 atom stereocenters. The quantitative estimate of drug-likeness (QED) is 0.571. The van der Waals surface area contributed by atoms with Crippen LogP contribution in [0.3, 0.4) is 0 Å². The Labute approximate surface area is 111 Å². The lowest BCUT2D eigenvalue weighted by atomic mass is 10.5. The van der Waals surface area contributed by atoms with Crippen molar-refractivity contribution in [1.82, 2.24) is 10.3 Å². The average Bonchev–Trinajstić information content (AvgIpc) is 2.64. The first-order chi connectivity index (χ1) is 8.45. The Morgan fingerprint density at radius 2 is 2.11 bits per heavy atom. The fourth-order valence-corrected chi connectivity index (χ4v) is 3.16. The zero-order valence-corrected chi connectivity index (χ0v) is 12.0. The molecule has 0 bridgehead atoms. The van der Waals surface area contributed by atoms with E-state index in [9.17, 15) is 8.42 Å². The Hall–Kier alpha value is -0.740. The van der Waals surface area contributed by atoms with Gasteiger partial charge in [-0.05, 0) is 6.92 Å². The van der Waals surface area contributed by atoms with E-state index in [4.69, 9.17) is 9.88 Å². The highest BCUT2D eigenvalue weighted by atomic mass is 32.2. The molecular weight excluding hydrogens is 276 g/mol. The van der Waals surface area contributed by atoms with E-state index in [0.717, 1.165) is 24.4 Å². The summed E-state index contributed by atoms with van der Waals surface area (Å²) in [4.78, 5) is 4.11. The van der Waals surface area contributed by atoms with Crippen LogP contribution in [0, 0.1) is 6.92 Å². The number of ether oxygens (including phenoxy) is 1. The fourth-order valence-electron chi connectivity index (χ4n) is 1.28. The maximum absolute atomic E-state index is 11.2. The van der Waals surface area contributed by atoms with Crippen molar-refractivity contribution in [2.24, 2.45) is 5.14 Å². The van der Waals surface area contributed by atoms with Gasteiger partial charge in [0, 0.05) is 26.7 Å². The summed E-state index contributed by atoms with van der Waals surface area (Å²) in [5, 5.41) is 11.8. The molecule has 0 saturated carbocycles. The largest absolute Gasteiger partial charge is 0.383 e. The SMILES string of the molecule is COCCNCCNc1nc(C)c(S(N)(=O)=O)s1. The van der Waals surface area contributed by atoms with Crippen LogP contribution in [-0.4, -0.2) is 46.8 Å². The third kappa shape index (κ3) is 4.86. The number of methoxy groups -OCH3 is 1. The number of anilines is 1. The van der Waals surface area contributed by atoms with Crippen molar-refractivity contribution in [3.05, 3.63) is 5.69 Å². The van der Waals surface area contributed by atoms with Crippen LogP contribution < -0.4 is 15.8 Å². The molecule has 1 aromatic heterocycles. The Kier molecular flexibility index (Phi) is 5.96. The Bertz CT molecular complexity index is 472. The number of nitrogens with two attached hydrogens (primary N) is 1. The van der Waals surface area contributed by atoms with E-state index in [1.807, 2.05) is 0 Å². The van der Waals surface area contributed by atoms with Crippen LogP contribution in [0.15, 0.2) is 4.21 Å². The van der Waals surface area contributed by atoms with Crippen LogP contribution >= 0.6 is 11.3 Å². The second-order valence-corrected chi connectivity index (χ2v) is 6.36. The lowest BCUT2D eigenvalue weighted by Crippen LogP contribution is -2.25. The number of rotatable bonds is 8. The predicted molar refractivity (Wildman–Crippen MR) is 71.5 cm³/mol. The van der Waals surface area contributed by atoms with Gasteiger partial charge in [-0.3, -0.25) is 0 Å². The average molecular weight is 294 g/mol. The third-order valence-corrected chi connectivity index (χ3v) is 4.74. The Morgan fingerprint density at radius 3 is 2.67 bits per heavy atom. The van der Waals surface area contributed by atoms with Crippen LogP contribution in [0.5, 0.6) is 0 Å². The minimum absolute atomic E-state index is 0.109. The molecule has 0 fully saturated rings. The minimum Gasteiger partial charge on any atom is -0.383 e. The monoisotopic (exact) mass is 294 g/mol. The maximum atomic E-state index is 11.2. The topological polar surface area (TPSA) is 106 Å². The number of hydrogen-bond donors (Lipinski definition) is 3. The van der Waals surface area contributed by atoms with Crippen molar-refractivity contribution in [2.75, 3.05) is 38.7 Å². The highest BCUT2D eigenvalue weighted by molar-refractivity contribution is 7.91. The van der Waals surface area contributed by atoms with Crippen LogP contribution in [0.4, 0.5) is 5.13 Å². The number of primary sulfonamides is 1. The van der Waals surface area contributed by atoms with Gasteiger partial charge in [0.25, 0.3) is 0 Å². The van der Waals surface area contributed by atoms with E-state index in [2.05, 4.69) is 15.6 Å². The molecule has 104 valence electrons. The summed E-state index contributed by atoms with van der Waals surface area (Å²) in [6.07, 6.45) is 0. The second-order valence-electron chi connectivity index (χ2n) is 3.61. The molecule has 0 radical (unpaired) electrons. The van der Waals surface area contributed by atoms with Crippen molar-refractivity contribution in [3.8, 4) is 0 Å². The van der Waals surface area contributed by atoms with Gasteiger partial charge in [-0.2, -0.15) is 0 Å². The molecule has 7 nitrogen and oxygen atoms in total. The predicted octanol–water partition coefficient (Wildman–Crippen LogP) is -0.253. The number of nitrogens with one attached hydrogen (secondary N) is 2. The molecule has 0 aliphatic rings. The molecule has 1 aromatic rings. The minimum atomic E-state index is -3.67. The van der Waals surface area contributed by atoms with Crippen molar-refractivity contribution >= 4 is 26.5 Å². The van der Waals surface area contributed by atoms with Crippen LogP contribution in [0.2, 0.25) is 0 Å². The standard InChI is InChI=1S/C9H18N4O3S2/c1-7-8(18(10,14)15)17-9(13-7)12-4-3-11-5-6-16-2/h11H,3-6H2,1-2H3,(H,12,13)(H2,10,14,15). The number of aryl methyl sites for hydroxylation is 1. The van der Waals surface area contributed by atoms with Gasteiger partial charge in [0.1, 0.15) is 0 Å². The summed E-state index contributed by atoms with van der Waals surface area (Å²) >= 11 is 1.05. The molecule has 0 spiro atoms. The second kappa shape index (κ2) is 7.00. The van der Waals surface area contributed by atoms with Crippen molar-refractivity contribution in [3.63, 3.8) is 0 Å². The summed E-state index contributed by atoms with van der Waals surface area (Å²) in [6.45, 7) is 4.45. The van der Waals surface area contributed by atoms with E-state index in [1.165, 1.54) is 0 Å². The van der Waals surface area contributed by atoms with Gasteiger partial charge in [0.15, 0.2) is 9.34 Å². The summed E-state index contributed by atoms with van der Waals surface area (Å²) in [6, 6.07) is 0. The molecule has 18 heavy (non-hydrogen) atoms. The molecule has 0 aliphatic carbocycles. The number of sulfonamides is 1. The number of nitrogens with zero attached hydrogens (tertiary/aromatic N) is 1. The van der Waals surface area contributed by atoms with E-state index in [-0.39, 0.29) is 4.21 Å². The molecule has 0 aliphatic heterocycles. The van der Waals surface area contributed by atoms with Crippen molar-refractivity contribution < 1.29 is 13.2 Å². The highest BCUT2D eigenvalue weighted by Crippen LogP contribution is 2.25. The molecule has 1 heterocycles. The van der Waals surface area contributed by atoms with E-state index < -0.39 is 10.0 Å². The van der Waals surface area contributed by atoms with Gasteiger partial charge in [-0.1, -0.05) is 11.3 Å². The van der Waals surface area contributed by atoms with Crippen LogP contribution in [-0.2, 0) is 14.8 Å². The zero-order chi connectivity index (χ0) is 13.6. The van der Waals surface area contributed by atoms with Crippen LogP contribution in [0.1, 0.15) is 5.69 Å². The molecule has 1 rings (SSSR count). The highest BCUT2D eigenvalue weighted by Gasteiger charge is 2.17. The van der Waals surface area contributed by atoms with E-state index in [0.29, 0.717) is 24.0 Å². The van der Waals surface area contributed by atoms with Crippen molar-refractivity contribution in [2.45, 2.75) is 11.1 Å². The lowest BCUT2D eigenvalue weighted by Gasteiger charge is -2.04. The fraction of sp³-hybridized carbons (Fsp3) is 0.667. The van der Waals surface area contributed by atoms with Gasteiger partial charge in [-0.15, -0.1) is 0 Å². The lowest BCUT2D eigenvalue weighted by molar-refractivity contribution is 0.200.